The van der Waals surface area contributed by atoms with E-state index in [1.807, 2.05) is 30.3 Å². The quantitative estimate of drug-likeness (QED) is 0.408. The first kappa shape index (κ1) is 11.9. The smallest absolute Gasteiger partial charge is 0.0778 e. The van der Waals surface area contributed by atoms with Gasteiger partial charge in [-0.3, -0.25) is 4.90 Å². The van der Waals surface area contributed by atoms with Crippen LogP contribution in [-0.2, 0) is 6.54 Å². The molecular weight excluding hydrogens is 206 g/mol. The summed E-state index contributed by atoms with van der Waals surface area (Å²) in [4.78, 5) is 7.09. The molecule has 0 saturated heterocycles. The van der Waals surface area contributed by atoms with E-state index in [0.717, 1.165) is 5.56 Å². The molecule has 82 valence electrons. The van der Waals surface area contributed by atoms with Crippen molar-refractivity contribution in [1.29, 1.82) is 0 Å². The minimum absolute atomic E-state index is 0.185. The molecule has 1 aromatic rings. The van der Waals surface area contributed by atoms with E-state index in [9.17, 15) is 0 Å². The highest BCUT2D eigenvalue weighted by Gasteiger charge is 2.02. The molecule has 0 fully saturated rings. The van der Waals surface area contributed by atoms with Crippen LogP contribution in [-0.4, -0.2) is 18.2 Å². The number of benzene rings is 1. The number of hydrogen-bond acceptors (Lipinski definition) is 3. The van der Waals surface area contributed by atoms with Crippen molar-refractivity contribution >= 4 is 0 Å². The van der Waals surface area contributed by atoms with E-state index in [1.54, 1.807) is 4.90 Å². The topological polar surface area (TPSA) is 101 Å². The molecule has 0 unspecified atom stereocenters. The molecule has 0 saturated carbocycles. The van der Waals surface area contributed by atoms with Crippen LogP contribution in [0.2, 0.25) is 0 Å². The maximum atomic E-state index is 8.23. The third-order valence-corrected chi connectivity index (χ3v) is 1.90. The SMILES string of the molecule is [N-]=[N+]=NCN(CN=[N+]=[N-])Cc1ccccc1. The lowest BCUT2D eigenvalue weighted by atomic mass is 10.2. The highest BCUT2D eigenvalue weighted by molar-refractivity contribution is 5.14. The summed E-state index contributed by atoms with van der Waals surface area (Å²) in [7, 11) is 0. The van der Waals surface area contributed by atoms with E-state index in [-0.39, 0.29) is 13.3 Å². The summed E-state index contributed by atoms with van der Waals surface area (Å²) in [6, 6.07) is 9.69. The predicted octanol–water partition coefficient (Wildman–Crippen LogP) is 3.02. The Bertz CT molecular complexity index is 383. The van der Waals surface area contributed by atoms with Gasteiger partial charge in [-0.25, -0.2) is 0 Å². The Kier molecular flexibility index (Phi) is 5.30. The van der Waals surface area contributed by atoms with Gasteiger partial charge in [0.15, 0.2) is 0 Å². The molecular formula is C9H11N7. The van der Waals surface area contributed by atoms with Gasteiger partial charge in [0.05, 0.1) is 13.3 Å². The van der Waals surface area contributed by atoms with Gasteiger partial charge < -0.3 is 0 Å². The molecule has 0 aliphatic rings. The van der Waals surface area contributed by atoms with Gasteiger partial charge in [0.2, 0.25) is 0 Å². The molecule has 0 aliphatic carbocycles. The predicted molar refractivity (Wildman–Crippen MR) is 60.0 cm³/mol. The summed E-state index contributed by atoms with van der Waals surface area (Å²) < 4.78 is 0. The molecule has 0 bridgehead atoms. The number of azide groups is 2. The summed E-state index contributed by atoms with van der Waals surface area (Å²) >= 11 is 0. The van der Waals surface area contributed by atoms with Gasteiger partial charge in [-0.1, -0.05) is 40.6 Å². The Hall–Kier alpha value is -2.20. The van der Waals surface area contributed by atoms with Crippen molar-refractivity contribution in [2.75, 3.05) is 13.3 Å². The third kappa shape index (κ3) is 4.34. The summed E-state index contributed by atoms with van der Waals surface area (Å²) in [5.74, 6) is 0. The number of rotatable bonds is 6. The van der Waals surface area contributed by atoms with Crippen LogP contribution < -0.4 is 0 Å². The minimum Gasteiger partial charge on any atom is -0.288 e. The Balaban J connectivity index is 2.62. The van der Waals surface area contributed by atoms with Crippen molar-refractivity contribution in [2.24, 2.45) is 10.2 Å². The first-order valence-electron chi connectivity index (χ1n) is 4.65. The van der Waals surface area contributed by atoms with E-state index in [2.05, 4.69) is 20.1 Å². The van der Waals surface area contributed by atoms with Crippen LogP contribution in [0.1, 0.15) is 5.56 Å². The molecule has 7 nitrogen and oxygen atoms in total. The molecule has 0 aromatic heterocycles. The maximum absolute atomic E-state index is 8.23. The fourth-order valence-corrected chi connectivity index (χ4v) is 1.22. The first-order chi connectivity index (χ1) is 7.86. The van der Waals surface area contributed by atoms with Crippen LogP contribution in [0, 0.1) is 0 Å². The average Bonchev–Trinajstić information content (AvgIpc) is 2.34. The molecule has 7 heteroatoms. The lowest BCUT2D eigenvalue weighted by molar-refractivity contribution is 0.281. The van der Waals surface area contributed by atoms with Crippen molar-refractivity contribution in [3.8, 4) is 0 Å². The van der Waals surface area contributed by atoms with E-state index in [4.69, 9.17) is 11.1 Å². The van der Waals surface area contributed by atoms with Crippen LogP contribution in [0.15, 0.2) is 40.6 Å². The van der Waals surface area contributed by atoms with Crippen molar-refractivity contribution < 1.29 is 0 Å². The van der Waals surface area contributed by atoms with E-state index in [1.165, 1.54) is 0 Å². The fourth-order valence-electron chi connectivity index (χ4n) is 1.22. The summed E-state index contributed by atoms with van der Waals surface area (Å²) in [5.41, 5.74) is 17.5. The third-order valence-electron chi connectivity index (χ3n) is 1.90. The first-order valence-corrected chi connectivity index (χ1v) is 4.65. The molecule has 1 rings (SSSR count). The fraction of sp³-hybridized carbons (Fsp3) is 0.333. The van der Waals surface area contributed by atoms with Gasteiger partial charge in [0.1, 0.15) is 0 Å². The molecule has 16 heavy (non-hydrogen) atoms. The largest absolute Gasteiger partial charge is 0.288 e. The van der Waals surface area contributed by atoms with Gasteiger partial charge >= 0.3 is 0 Å². The van der Waals surface area contributed by atoms with Gasteiger partial charge in [0.25, 0.3) is 0 Å². The number of hydrogen-bond donors (Lipinski definition) is 0. The highest BCUT2D eigenvalue weighted by atomic mass is 15.3. The summed E-state index contributed by atoms with van der Waals surface area (Å²) in [5, 5.41) is 6.89. The Morgan fingerprint density at radius 1 is 1.00 bits per heavy atom. The zero-order valence-electron chi connectivity index (χ0n) is 8.64. The van der Waals surface area contributed by atoms with E-state index < -0.39 is 0 Å². The molecule has 0 atom stereocenters. The van der Waals surface area contributed by atoms with Crippen LogP contribution in [0.5, 0.6) is 0 Å². The molecule has 0 amide bonds. The van der Waals surface area contributed by atoms with Crippen LogP contribution >= 0.6 is 0 Å². The lowest BCUT2D eigenvalue weighted by Gasteiger charge is -2.16. The molecule has 0 N–H and O–H groups in total. The number of nitrogens with zero attached hydrogens (tertiary/aromatic N) is 7. The Morgan fingerprint density at radius 2 is 1.56 bits per heavy atom. The summed E-state index contributed by atoms with van der Waals surface area (Å²) in [6.45, 7) is 0.952. The molecule has 0 aliphatic heterocycles. The van der Waals surface area contributed by atoms with Crippen LogP contribution in [0.25, 0.3) is 20.9 Å². The normalized spacial score (nSPS) is 9.31. The zero-order valence-corrected chi connectivity index (χ0v) is 8.64. The van der Waals surface area contributed by atoms with E-state index >= 15 is 0 Å². The van der Waals surface area contributed by atoms with Gasteiger partial charge in [-0.05, 0) is 16.6 Å². The molecule has 1 aromatic carbocycles. The van der Waals surface area contributed by atoms with Crippen LogP contribution in [0.4, 0.5) is 0 Å². The molecule has 0 spiro atoms. The van der Waals surface area contributed by atoms with Gasteiger partial charge in [-0.15, -0.1) is 0 Å². The van der Waals surface area contributed by atoms with Gasteiger partial charge in [0, 0.05) is 16.4 Å². The van der Waals surface area contributed by atoms with E-state index in [0.29, 0.717) is 6.54 Å². The maximum Gasteiger partial charge on any atom is 0.0778 e. The highest BCUT2D eigenvalue weighted by Crippen LogP contribution is 2.04. The second-order valence-electron chi connectivity index (χ2n) is 3.06. The van der Waals surface area contributed by atoms with Crippen molar-refractivity contribution in [2.45, 2.75) is 6.54 Å². The van der Waals surface area contributed by atoms with Crippen molar-refractivity contribution in [3.05, 3.63) is 56.8 Å². The van der Waals surface area contributed by atoms with Crippen molar-refractivity contribution in [3.63, 3.8) is 0 Å². The minimum atomic E-state index is 0.185. The Labute approximate surface area is 92.6 Å². The second kappa shape index (κ2) is 7.14. The average molecular weight is 217 g/mol. The summed E-state index contributed by atoms with van der Waals surface area (Å²) in [6.07, 6.45) is 0. The monoisotopic (exact) mass is 217 g/mol. The lowest BCUT2D eigenvalue weighted by Crippen LogP contribution is -2.22. The second-order valence-corrected chi connectivity index (χ2v) is 3.06. The molecule has 0 radical (unpaired) electrons. The molecule has 0 heterocycles. The van der Waals surface area contributed by atoms with Gasteiger partial charge in [-0.2, -0.15) is 0 Å². The Morgan fingerprint density at radius 3 is 2.06 bits per heavy atom. The zero-order chi connectivity index (χ0) is 11.6. The van der Waals surface area contributed by atoms with Crippen molar-refractivity contribution in [1.82, 2.24) is 4.90 Å². The standard InChI is InChI=1S/C9H11N7/c10-14-12-7-16(8-13-15-11)6-9-4-2-1-3-5-9/h1-5H,6-8H2. The van der Waals surface area contributed by atoms with Crippen LogP contribution in [0.3, 0.4) is 0 Å².